The van der Waals surface area contributed by atoms with Crippen molar-refractivity contribution in [3.05, 3.63) is 64.6 Å². The lowest BCUT2D eigenvalue weighted by molar-refractivity contribution is -0.116. The Morgan fingerprint density at radius 1 is 1.29 bits per heavy atom. The molecule has 2 heterocycles. The Morgan fingerprint density at radius 3 is 2.83 bits per heavy atom. The van der Waals surface area contributed by atoms with Crippen LogP contribution in [0, 0.1) is 0 Å². The van der Waals surface area contributed by atoms with Crippen molar-refractivity contribution in [2.75, 3.05) is 20.6 Å². The van der Waals surface area contributed by atoms with Crippen molar-refractivity contribution in [2.24, 2.45) is 0 Å². The number of nitrogens with one attached hydrogen (secondary N) is 1. The lowest BCUT2D eigenvalue weighted by Gasteiger charge is -2.22. The van der Waals surface area contributed by atoms with Crippen molar-refractivity contribution in [1.82, 2.24) is 10.2 Å². The molecule has 124 valence electrons. The fourth-order valence-electron chi connectivity index (χ4n) is 2.50. The largest absolute Gasteiger partial charge is 0.459 e. The molecule has 3 rings (SSSR count). The van der Waals surface area contributed by atoms with Gasteiger partial charge in [-0.2, -0.15) is 0 Å². The number of benzene rings is 1. The maximum absolute atomic E-state index is 12.0. The van der Waals surface area contributed by atoms with Crippen molar-refractivity contribution in [1.29, 1.82) is 0 Å². The van der Waals surface area contributed by atoms with E-state index in [9.17, 15) is 4.79 Å². The second kappa shape index (κ2) is 7.47. The number of para-hydroxylation sites is 1. The van der Waals surface area contributed by atoms with Crippen LogP contribution in [-0.2, 0) is 4.79 Å². The summed E-state index contributed by atoms with van der Waals surface area (Å²) in [5.41, 5.74) is 0.864. The minimum absolute atomic E-state index is 0.0171. The smallest absolute Gasteiger partial charge is 0.244 e. The van der Waals surface area contributed by atoms with Gasteiger partial charge in [0.1, 0.15) is 11.3 Å². The van der Waals surface area contributed by atoms with E-state index in [-0.39, 0.29) is 11.9 Å². The number of furan rings is 1. The Hall–Kier alpha value is -2.37. The fraction of sp³-hybridized carbons (Fsp3) is 0.211. The molecule has 1 N–H and O–H groups in total. The number of hydrogen-bond donors (Lipinski definition) is 1. The lowest BCUT2D eigenvalue weighted by Crippen LogP contribution is -2.33. The van der Waals surface area contributed by atoms with E-state index in [1.165, 1.54) is 0 Å². The van der Waals surface area contributed by atoms with E-state index in [4.69, 9.17) is 4.42 Å². The van der Waals surface area contributed by atoms with Crippen LogP contribution in [0.3, 0.4) is 0 Å². The van der Waals surface area contributed by atoms with Gasteiger partial charge in [-0.15, -0.1) is 11.3 Å². The SMILES string of the molecule is CN(C)C(CNC(=O)C=Cc1cccs1)c1cc2ccccc2o1. The zero-order valence-electron chi connectivity index (χ0n) is 13.7. The van der Waals surface area contributed by atoms with Crippen LogP contribution in [0.25, 0.3) is 17.0 Å². The van der Waals surface area contributed by atoms with Gasteiger partial charge in [0, 0.05) is 22.9 Å². The fourth-order valence-corrected chi connectivity index (χ4v) is 3.12. The number of nitrogens with zero attached hydrogens (tertiary/aromatic N) is 1. The van der Waals surface area contributed by atoms with Crippen LogP contribution in [0.1, 0.15) is 16.7 Å². The highest BCUT2D eigenvalue weighted by molar-refractivity contribution is 7.10. The van der Waals surface area contributed by atoms with Gasteiger partial charge in [0.15, 0.2) is 0 Å². The summed E-state index contributed by atoms with van der Waals surface area (Å²) in [4.78, 5) is 15.1. The van der Waals surface area contributed by atoms with Crippen LogP contribution in [0.4, 0.5) is 0 Å². The van der Waals surface area contributed by atoms with Crippen LogP contribution in [0.2, 0.25) is 0 Å². The average molecular weight is 340 g/mol. The molecule has 1 amide bonds. The zero-order chi connectivity index (χ0) is 16.9. The topological polar surface area (TPSA) is 45.5 Å². The van der Waals surface area contributed by atoms with Crippen molar-refractivity contribution >= 4 is 34.3 Å². The number of hydrogen-bond acceptors (Lipinski definition) is 4. The molecule has 1 aromatic carbocycles. The van der Waals surface area contributed by atoms with E-state index in [0.29, 0.717) is 6.54 Å². The first-order chi connectivity index (χ1) is 11.6. The van der Waals surface area contributed by atoms with Crippen LogP contribution in [0.15, 0.2) is 58.3 Å². The van der Waals surface area contributed by atoms with Crippen molar-refractivity contribution in [2.45, 2.75) is 6.04 Å². The van der Waals surface area contributed by atoms with Crippen molar-refractivity contribution in [3.8, 4) is 0 Å². The summed E-state index contributed by atoms with van der Waals surface area (Å²) in [7, 11) is 3.96. The lowest BCUT2D eigenvalue weighted by atomic mass is 10.2. The van der Waals surface area contributed by atoms with Gasteiger partial charge >= 0.3 is 0 Å². The highest BCUT2D eigenvalue weighted by Gasteiger charge is 2.19. The van der Waals surface area contributed by atoms with Crippen LogP contribution in [0.5, 0.6) is 0 Å². The predicted octanol–water partition coefficient (Wildman–Crippen LogP) is 3.93. The summed E-state index contributed by atoms with van der Waals surface area (Å²) >= 11 is 1.60. The van der Waals surface area contributed by atoms with Gasteiger partial charge in [0.05, 0.1) is 6.04 Å². The quantitative estimate of drug-likeness (QED) is 0.692. The molecule has 1 unspecified atom stereocenters. The third-order valence-corrected chi connectivity index (χ3v) is 4.65. The van der Waals surface area contributed by atoms with E-state index >= 15 is 0 Å². The van der Waals surface area contributed by atoms with Gasteiger partial charge in [-0.1, -0.05) is 24.3 Å². The second-order valence-corrected chi connectivity index (χ2v) is 6.74. The molecule has 2 aromatic heterocycles. The molecule has 0 fully saturated rings. The molecule has 0 aliphatic heterocycles. The van der Waals surface area contributed by atoms with Gasteiger partial charge in [-0.25, -0.2) is 0 Å². The van der Waals surface area contributed by atoms with Crippen LogP contribution >= 0.6 is 11.3 Å². The molecular formula is C19H20N2O2S. The molecule has 0 spiro atoms. The minimum atomic E-state index is -0.105. The highest BCUT2D eigenvalue weighted by Crippen LogP contribution is 2.26. The normalized spacial score (nSPS) is 13.0. The predicted molar refractivity (Wildman–Crippen MR) is 99.0 cm³/mol. The Labute approximate surface area is 145 Å². The number of thiophene rings is 1. The standard InChI is InChI=1S/C19H20N2O2S/c1-21(2)16(18-12-14-6-3-4-8-17(14)23-18)13-20-19(22)10-9-15-7-5-11-24-15/h3-12,16H,13H2,1-2H3,(H,20,22). The first kappa shape index (κ1) is 16.5. The zero-order valence-corrected chi connectivity index (χ0v) is 14.5. The molecule has 0 bridgehead atoms. The Morgan fingerprint density at radius 2 is 2.12 bits per heavy atom. The molecule has 24 heavy (non-hydrogen) atoms. The Balaban J connectivity index is 1.67. The molecule has 3 aromatic rings. The Bertz CT molecular complexity index is 801. The van der Waals surface area contributed by atoms with Gasteiger partial charge < -0.3 is 9.73 Å². The van der Waals surface area contributed by atoms with Gasteiger partial charge in [-0.05, 0) is 43.8 Å². The van der Waals surface area contributed by atoms with Crippen molar-refractivity contribution < 1.29 is 9.21 Å². The molecule has 0 aliphatic rings. The summed E-state index contributed by atoms with van der Waals surface area (Å²) in [5.74, 6) is 0.745. The molecule has 0 radical (unpaired) electrons. The second-order valence-electron chi connectivity index (χ2n) is 5.76. The molecule has 4 nitrogen and oxygen atoms in total. The number of carbonyl (C=O) groups is 1. The summed E-state index contributed by atoms with van der Waals surface area (Å²) in [6.07, 6.45) is 3.39. The van der Waals surface area contributed by atoms with Crippen molar-refractivity contribution in [3.63, 3.8) is 0 Å². The molecular weight excluding hydrogens is 320 g/mol. The number of likely N-dealkylation sites (N-methyl/N-ethyl adjacent to an activating group) is 1. The molecule has 0 saturated carbocycles. The van der Waals surface area contributed by atoms with E-state index in [2.05, 4.69) is 5.32 Å². The van der Waals surface area contributed by atoms with E-state index in [1.54, 1.807) is 17.4 Å². The maximum Gasteiger partial charge on any atom is 0.244 e. The number of fused-ring (bicyclic) bond motifs is 1. The average Bonchev–Trinajstić information content (AvgIpc) is 3.22. The van der Waals surface area contributed by atoms with Crippen LogP contribution in [-0.4, -0.2) is 31.4 Å². The summed E-state index contributed by atoms with van der Waals surface area (Å²) in [5, 5.41) is 6.01. The summed E-state index contributed by atoms with van der Waals surface area (Å²) in [6, 6.07) is 13.9. The van der Waals surface area contributed by atoms with E-state index in [1.807, 2.05) is 72.9 Å². The van der Waals surface area contributed by atoms with Gasteiger partial charge in [-0.3, -0.25) is 9.69 Å². The van der Waals surface area contributed by atoms with Crippen LogP contribution < -0.4 is 5.32 Å². The number of amides is 1. The minimum Gasteiger partial charge on any atom is -0.459 e. The van der Waals surface area contributed by atoms with Gasteiger partial charge in [0.25, 0.3) is 0 Å². The third-order valence-electron chi connectivity index (χ3n) is 3.81. The van der Waals surface area contributed by atoms with E-state index < -0.39 is 0 Å². The first-order valence-corrected chi connectivity index (χ1v) is 8.66. The number of rotatable bonds is 6. The number of carbonyl (C=O) groups excluding carboxylic acids is 1. The monoisotopic (exact) mass is 340 g/mol. The summed E-state index contributed by atoms with van der Waals surface area (Å²) < 4.78 is 5.93. The molecule has 5 heteroatoms. The maximum atomic E-state index is 12.0. The first-order valence-electron chi connectivity index (χ1n) is 7.78. The highest BCUT2D eigenvalue weighted by atomic mass is 32.1. The molecule has 0 aliphatic carbocycles. The van der Waals surface area contributed by atoms with Gasteiger partial charge in [0.2, 0.25) is 5.91 Å². The molecule has 0 saturated heterocycles. The van der Waals surface area contributed by atoms with E-state index in [0.717, 1.165) is 21.6 Å². The molecule has 1 atom stereocenters. The third kappa shape index (κ3) is 3.93. The Kier molecular flexibility index (Phi) is 5.13. The summed E-state index contributed by atoms with van der Waals surface area (Å²) in [6.45, 7) is 0.487.